The molecule has 0 bridgehead atoms. The van der Waals surface area contributed by atoms with Crippen molar-refractivity contribution in [2.45, 2.75) is 19.9 Å². The number of halogens is 5. The highest BCUT2D eigenvalue weighted by Crippen LogP contribution is 2.28. The van der Waals surface area contributed by atoms with Gasteiger partial charge in [0.2, 0.25) is 11.7 Å². The van der Waals surface area contributed by atoms with E-state index >= 15 is 0 Å². The van der Waals surface area contributed by atoms with Crippen LogP contribution in [-0.2, 0) is 4.79 Å². The van der Waals surface area contributed by atoms with Crippen molar-refractivity contribution < 1.29 is 31.7 Å². The number of aryl methyl sites for hydroxylation is 1. The number of anilines is 1. The van der Waals surface area contributed by atoms with Gasteiger partial charge in [0, 0.05) is 0 Å². The Morgan fingerprint density at radius 2 is 1.64 bits per heavy atom. The molecule has 1 unspecified atom stereocenters. The second kappa shape index (κ2) is 6.45. The highest BCUT2D eigenvalue weighted by molar-refractivity contribution is 5.93. The molecule has 1 atom stereocenters. The fraction of sp³-hybridized carbons (Fsp3) is 0.231. The normalized spacial score (nSPS) is 12.1. The topological polar surface area (TPSA) is 90.1 Å². The minimum atomic E-state index is -2.36. The van der Waals surface area contributed by atoms with Gasteiger partial charge in [-0.25, -0.2) is 22.0 Å². The molecule has 0 aliphatic rings. The molecule has 0 aliphatic carbocycles. The maximum Gasteiger partial charge on any atom is 0.309 e. The Bertz CT molecular complexity index is 854. The van der Waals surface area contributed by atoms with Crippen molar-refractivity contribution in [1.29, 1.82) is 0 Å². The molecule has 0 saturated heterocycles. The Kier molecular flexibility index (Phi) is 4.72. The van der Waals surface area contributed by atoms with Crippen LogP contribution < -0.4 is 5.32 Å². The Labute approximate surface area is 136 Å². The zero-order valence-corrected chi connectivity index (χ0v) is 12.6. The minimum absolute atomic E-state index is 0.0270. The van der Waals surface area contributed by atoms with Crippen LogP contribution >= 0.6 is 0 Å². The lowest BCUT2D eigenvalue weighted by molar-refractivity contribution is -0.385. The van der Waals surface area contributed by atoms with Gasteiger partial charge in [-0.05, 0) is 13.8 Å². The Morgan fingerprint density at radius 1 is 1.16 bits per heavy atom. The van der Waals surface area contributed by atoms with Gasteiger partial charge in [0.05, 0.1) is 4.92 Å². The van der Waals surface area contributed by atoms with Gasteiger partial charge in [-0.1, -0.05) is 0 Å². The Balaban J connectivity index is 2.34. The number of nitrogens with one attached hydrogen (secondary N) is 1. The van der Waals surface area contributed by atoms with Crippen molar-refractivity contribution in [3.8, 4) is 0 Å². The molecule has 0 saturated carbocycles. The van der Waals surface area contributed by atoms with E-state index in [4.69, 9.17) is 0 Å². The standard InChI is InChI=1S/C13H9F5N4O3/c1-4-6(22(24)25)3-21(20-4)5(2)13(23)19-12-10(17)8(15)7(14)9(16)11(12)18/h3,5H,1-2H3,(H,19,23). The average molecular weight is 364 g/mol. The van der Waals surface area contributed by atoms with Crippen molar-refractivity contribution in [3.63, 3.8) is 0 Å². The first-order chi connectivity index (χ1) is 11.6. The predicted molar refractivity (Wildman–Crippen MR) is 73.2 cm³/mol. The highest BCUT2D eigenvalue weighted by Gasteiger charge is 2.29. The summed E-state index contributed by atoms with van der Waals surface area (Å²) in [6.45, 7) is 2.46. The van der Waals surface area contributed by atoms with Gasteiger partial charge >= 0.3 is 5.69 Å². The summed E-state index contributed by atoms with van der Waals surface area (Å²) >= 11 is 0. The smallest absolute Gasteiger partial charge is 0.309 e. The van der Waals surface area contributed by atoms with Gasteiger partial charge in [-0.15, -0.1) is 0 Å². The van der Waals surface area contributed by atoms with Crippen LogP contribution in [0.15, 0.2) is 6.20 Å². The lowest BCUT2D eigenvalue weighted by atomic mass is 10.2. The maximum absolute atomic E-state index is 13.6. The number of amides is 1. The fourth-order valence-electron chi connectivity index (χ4n) is 1.91. The first-order valence-electron chi connectivity index (χ1n) is 6.58. The highest BCUT2D eigenvalue weighted by atomic mass is 19.2. The molecule has 1 heterocycles. The molecule has 12 heteroatoms. The lowest BCUT2D eigenvalue weighted by Crippen LogP contribution is -2.26. The number of aromatic nitrogens is 2. The summed E-state index contributed by atoms with van der Waals surface area (Å²) in [6, 6.07) is -1.33. The molecule has 25 heavy (non-hydrogen) atoms. The van der Waals surface area contributed by atoms with Crippen molar-refractivity contribution in [3.05, 3.63) is 51.1 Å². The third kappa shape index (κ3) is 3.14. The maximum atomic E-state index is 13.6. The summed E-state index contributed by atoms with van der Waals surface area (Å²) in [5.74, 6) is -12.4. The number of benzene rings is 1. The van der Waals surface area contributed by atoms with Crippen LogP contribution in [0.2, 0.25) is 0 Å². The number of rotatable bonds is 4. The summed E-state index contributed by atoms with van der Waals surface area (Å²) in [5.41, 5.74) is -1.96. The largest absolute Gasteiger partial charge is 0.319 e. The number of nitro groups is 1. The summed E-state index contributed by atoms with van der Waals surface area (Å²) in [5, 5.41) is 16.0. The zero-order chi connectivity index (χ0) is 19.0. The molecule has 1 N–H and O–H groups in total. The van der Waals surface area contributed by atoms with E-state index in [2.05, 4.69) is 5.10 Å². The molecule has 0 radical (unpaired) electrons. The van der Waals surface area contributed by atoms with E-state index in [1.54, 1.807) is 5.32 Å². The lowest BCUT2D eigenvalue weighted by Gasteiger charge is -2.14. The first-order valence-corrected chi connectivity index (χ1v) is 6.58. The van der Waals surface area contributed by atoms with Crippen LogP contribution in [0.4, 0.5) is 33.3 Å². The second-order valence-corrected chi connectivity index (χ2v) is 4.95. The second-order valence-electron chi connectivity index (χ2n) is 4.95. The van der Waals surface area contributed by atoms with E-state index < -0.39 is 57.3 Å². The molecule has 1 amide bonds. The van der Waals surface area contributed by atoms with Crippen LogP contribution in [0.5, 0.6) is 0 Å². The monoisotopic (exact) mass is 364 g/mol. The van der Waals surface area contributed by atoms with E-state index in [1.165, 1.54) is 6.92 Å². The zero-order valence-electron chi connectivity index (χ0n) is 12.6. The number of carbonyl (C=O) groups excluding carboxylic acids is 1. The van der Waals surface area contributed by atoms with E-state index in [1.807, 2.05) is 0 Å². The van der Waals surface area contributed by atoms with Gasteiger partial charge in [-0.2, -0.15) is 5.10 Å². The number of nitrogens with zero attached hydrogens (tertiary/aromatic N) is 3. The van der Waals surface area contributed by atoms with E-state index in [0.29, 0.717) is 0 Å². The number of hydrogen-bond donors (Lipinski definition) is 1. The molecule has 2 rings (SSSR count). The van der Waals surface area contributed by atoms with Crippen molar-refractivity contribution in [2.24, 2.45) is 0 Å². The molecule has 0 spiro atoms. The van der Waals surface area contributed by atoms with E-state index in [-0.39, 0.29) is 5.69 Å². The van der Waals surface area contributed by atoms with Gasteiger partial charge in [0.1, 0.15) is 23.6 Å². The number of hydrogen-bond acceptors (Lipinski definition) is 4. The van der Waals surface area contributed by atoms with Crippen LogP contribution in [0, 0.1) is 46.1 Å². The molecule has 0 aliphatic heterocycles. The van der Waals surface area contributed by atoms with Crippen LogP contribution in [0.25, 0.3) is 0 Å². The minimum Gasteiger partial charge on any atom is -0.319 e. The Hall–Kier alpha value is -3.05. The van der Waals surface area contributed by atoms with Crippen molar-refractivity contribution >= 4 is 17.3 Å². The predicted octanol–water partition coefficient (Wildman–Crippen LogP) is 2.99. The van der Waals surface area contributed by atoms with Gasteiger partial charge in [0.15, 0.2) is 23.3 Å². The van der Waals surface area contributed by atoms with E-state index in [9.17, 15) is 36.9 Å². The third-order valence-electron chi connectivity index (χ3n) is 3.32. The molecular weight excluding hydrogens is 355 g/mol. The summed E-state index contributed by atoms with van der Waals surface area (Å²) in [7, 11) is 0. The van der Waals surface area contributed by atoms with Gasteiger partial charge < -0.3 is 5.32 Å². The van der Waals surface area contributed by atoms with Gasteiger partial charge in [-0.3, -0.25) is 19.6 Å². The van der Waals surface area contributed by atoms with Crippen molar-refractivity contribution in [2.75, 3.05) is 5.32 Å². The molecule has 0 fully saturated rings. The molecule has 1 aromatic carbocycles. The molecule has 134 valence electrons. The quantitative estimate of drug-likeness (QED) is 0.297. The molecular formula is C13H9F5N4O3. The third-order valence-corrected chi connectivity index (χ3v) is 3.32. The summed E-state index contributed by atoms with van der Waals surface area (Å²) in [6.07, 6.45) is 0.901. The van der Waals surface area contributed by atoms with Gasteiger partial charge in [0.25, 0.3) is 0 Å². The molecule has 7 nitrogen and oxygen atoms in total. The number of carbonyl (C=O) groups is 1. The van der Waals surface area contributed by atoms with Crippen LogP contribution in [0.3, 0.4) is 0 Å². The average Bonchev–Trinajstić information content (AvgIpc) is 2.96. The SMILES string of the molecule is Cc1nn(C(C)C(=O)Nc2c(F)c(F)c(F)c(F)c2F)cc1[N+](=O)[O-]. The first kappa shape index (κ1) is 18.3. The molecule has 1 aromatic heterocycles. The summed E-state index contributed by atoms with van der Waals surface area (Å²) < 4.78 is 67.1. The Morgan fingerprint density at radius 3 is 2.08 bits per heavy atom. The summed E-state index contributed by atoms with van der Waals surface area (Å²) in [4.78, 5) is 22.0. The van der Waals surface area contributed by atoms with Crippen molar-refractivity contribution in [1.82, 2.24) is 9.78 Å². The van der Waals surface area contributed by atoms with Crippen LogP contribution in [-0.4, -0.2) is 20.6 Å². The van der Waals surface area contributed by atoms with Crippen LogP contribution in [0.1, 0.15) is 18.7 Å². The fourth-order valence-corrected chi connectivity index (χ4v) is 1.91. The van der Waals surface area contributed by atoms with E-state index in [0.717, 1.165) is 17.8 Å². The molecule has 2 aromatic rings.